The Kier molecular flexibility index (Phi) is 4.94. The Labute approximate surface area is 149 Å². The van der Waals surface area contributed by atoms with Crippen LogP contribution in [0.2, 0.25) is 0 Å². The molecule has 0 saturated carbocycles. The summed E-state index contributed by atoms with van der Waals surface area (Å²) in [4.78, 5) is 12.5. The second-order valence-electron chi connectivity index (χ2n) is 6.12. The first kappa shape index (κ1) is 18.7. The predicted octanol–water partition coefficient (Wildman–Crippen LogP) is 2.97. The van der Waals surface area contributed by atoms with E-state index in [1.54, 1.807) is 0 Å². The summed E-state index contributed by atoms with van der Waals surface area (Å²) in [5, 5.41) is 7.49. The molecule has 2 rings (SSSR count). The molecule has 0 aliphatic carbocycles. The van der Waals surface area contributed by atoms with Crippen molar-refractivity contribution < 1.29 is 17.6 Å². The first-order chi connectivity index (χ1) is 10.9. The number of benzene rings is 1. The van der Waals surface area contributed by atoms with Gasteiger partial charge in [-0.1, -0.05) is 28.1 Å². The fraction of sp³-hybridized carbons (Fsp3) is 0.312. The third kappa shape index (κ3) is 3.88. The van der Waals surface area contributed by atoms with Crippen LogP contribution < -0.4 is 10.5 Å². The van der Waals surface area contributed by atoms with E-state index in [1.165, 1.54) is 6.92 Å². The van der Waals surface area contributed by atoms with Gasteiger partial charge in [-0.15, -0.1) is 0 Å². The number of nitrogens with one attached hydrogen (secondary N) is 1. The summed E-state index contributed by atoms with van der Waals surface area (Å²) in [5.41, 5.74) is 1.45. The van der Waals surface area contributed by atoms with Gasteiger partial charge < -0.3 is 9.73 Å². The largest absolute Gasteiger partial charge is 0.448 e. The summed E-state index contributed by atoms with van der Waals surface area (Å²) in [6.45, 7) is 7.21. The van der Waals surface area contributed by atoms with E-state index in [4.69, 9.17) is 9.56 Å². The maximum atomic E-state index is 12.5. The van der Waals surface area contributed by atoms with Crippen molar-refractivity contribution in [1.29, 1.82) is 0 Å². The Morgan fingerprint density at radius 2 is 1.88 bits per heavy atom. The summed E-state index contributed by atoms with van der Waals surface area (Å²) in [5.74, 6) is -0.240. The number of aryl methyl sites for hydroxylation is 2. The lowest BCUT2D eigenvalue weighted by molar-refractivity contribution is 0.0910. The second-order valence-corrected chi connectivity index (χ2v) is 8.47. The molecule has 0 aliphatic rings. The van der Waals surface area contributed by atoms with Gasteiger partial charge in [-0.25, -0.2) is 13.6 Å². The van der Waals surface area contributed by atoms with Crippen LogP contribution >= 0.6 is 15.9 Å². The molecule has 0 radical (unpaired) electrons. The maximum absolute atomic E-state index is 12.5. The molecule has 1 aromatic heterocycles. The molecule has 24 heavy (non-hydrogen) atoms. The van der Waals surface area contributed by atoms with E-state index in [-0.39, 0.29) is 11.3 Å². The molecule has 130 valence electrons. The molecular formula is C16H19BrN2O4S. The Hall–Kier alpha value is -1.64. The highest BCUT2D eigenvalue weighted by Gasteiger charge is 2.27. The van der Waals surface area contributed by atoms with Crippen molar-refractivity contribution in [3.63, 3.8) is 0 Å². The van der Waals surface area contributed by atoms with Crippen LogP contribution in [0.1, 0.15) is 41.1 Å². The summed E-state index contributed by atoms with van der Waals surface area (Å²) in [6, 6.07) is 6.95. The Morgan fingerprint density at radius 1 is 1.25 bits per heavy atom. The van der Waals surface area contributed by atoms with Gasteiger partial charge in [-0.05, 0) is 44.9 Å². The zero-order valence-corrected chi connectivity index (χ0v) is 16.2. The average Bonchev–Trinajstić information content (AvgIpc) is 2.83. The first-order valence-electron chi connectivity index (χ1n) is 7.14. The number of hydrogen-bond donors (Lipinski definition) is 2. The van der Waals surface area contributed by atoms with E-state index in [1.807, 2.05) is 39.0 Å². The van der Waals surface area contributed by atoms with Gasteiger partial charge in [-0.3, -0.25) is 4.79 Å². The summed E-state index contributed by atoms with van der Waals surface area (Å²) in [7, 11) is -4.00. The van der Waals surface area contributed by atoms with Crippen molar-refractivity contribution in [2.24, 2.45) is 5.14 Å². The van der Waals surface area contributed by atoms with Crippen molar-refractivity contribution in [2.45, 2.75) is 38.3 Å². The SMILES string of the molecule is Cc1cc(C(C)(C)NC(=O)c2cc(S(N)(=O)=O)oc2C)ccc1Br. The van der Waals surface area contributed by atoms with Crippen LogP contribution in [0.25, 0.3) is 0 Å². The van der Waals surface area contributed by atoms with Gasteiger partial charge in [0.05, 0.1) is 11.1 Å². The summed E-state index contributed by atoms with van der Waals surface area (Å²) < 4.78 is 28.7. The number of rotatable bonds is 4. The minimum atomic E-state index is -4.00. The number of carbonyl (C=O) groups is 1. The van der Waals surface area contributed by atoms with Crippen LogP contribution in [-0.2, 0) is 15.6 Å². The smallest absolute Gasteiger partial charge is 0.271 e. The van der Waals surface area contributed by atoms with Crippen LogP contribution in [0.15, 0.2) is 38.2 Å². The van der Waals surface area contributed by atoms with E-state index in [9.17, 15) is 13.2 Å². The molecule has 0 atom stereocenters. The number of sulfonamides is 1. The maximum Gasteiger partial charge on any atom is 0.271 e. The average molecular weight is 415 g/mol. The van der Waals surface area contributed by atoms with Gasteiger partial charge in [0.2, 0.25) is 5.09 Å². The minimum Gasteiger partial charge on any atom is -0.448 e. The van der Waals surface area contributed by atoms with Gasteiger partial charge >= 0.3 is 0 Å². The molecule has 2 aromatic rings. The van der Waals surface area contributed by atoms with Gasteiger partial charge in [-0.2, -0.15) is 0 Å². The zero-order valence-electron chi connectivity index (χ0n) is 13.8. The number of nitrogens with two attached hydrogens (primary N) is 1. The fourth-order valence-corrected chi connectivity index (χ4v) is 3.05. The molecule has 0 aliphatic heterocycles. The molecule has 0 spiro atoms. The first-order valence-corrected chi connectivity index (χ1v) is 9.48. The lowest BCUT2D eigenvalue weighted by atomic mass is 9.92. The lowest BCUT2D eigenvalue weighted by Gasteiger charge is -2.27. The molecule has 1 heterocycles. The lowest BCUT2D eigenvalue weighted by Crippen LogP contribution is -2.41. The molecule has 1 aromatic carbocycles. The Morgan fingerprint density at radius 3 is 2.38 bits per heavy atom. The van der Waals surface area contributed by atoms with Gasteiger partial charge in [0, 0.05) is 10.5 Å². The molecular weight excluding hydrogens is 396 g/mol. The number of carbonyl (C=O) groups excluding carboxylic acids is 1. The molecule has 0 bridgehead atoms. The van der Waals surface area contributed by atoms with E-state index in [0.29, 0.717) is 0 Å². The van der Waals surface area contributed by atoms with Gasteiger partial charge in [0.25, 0.3) is 15.9 Å². The third-order valence-corrected chi connectivity index (χ3v) is 5.38. The van der Waals surface area contributed by atoms with Crippen molar-refractivity contribution >= 4 is 31.9 Å². The van der Waals surface area contributed by atoms with Gasteiger partial charge in [0.15, 0.2) is 0 Å². The van der Waals surface area contributed by atoms with Crippen LogP contribution in [0, 0.1) is 13.8 Å². The molecule has 6 nitrogen and oxygen atoms in total. The van der Waals surface area contributed by atoms with E-state index in [0.717, 1.165) is 21.7 Å². The minimum absolute atomic E-state index is 0.140. The van der Waals surface area contributed by atoms with Crippen molar-refractivity contribution in [1.82, 2.24) is 5.32 Å². The molecule has 0 saturated heterocycles. The van der Waals surface area contributed by atoms with E-state index >= 15 is 0 Å². The Balaban J connectivity index is 2.31. The van der Waals surface area contributed by atoms with Crippen molar-refractivity contribution in [3.8, 4) is 0 Å². The van der Waals surface area contributed by atoms with Crippen LogP contribution in [0.4, 0.5) is 0 Å². The fourth-order valence-electron chi connectivity index (χ4n) is 2.28. The number of amides is 1. The van der Waals surface area contributed by atoms with Crippen molar-refractivity contribution in [3.05, 3.63) is 51.2 Å². The highest BCUT2D eigenvalue weighted by Crippen LogP contribution is 2.26. The predicted molar refractivity (Wildman–Crippen MR) is 94.2 cm³/mol. The highest BCUT2D eigenvalue weighted by molar-refractivity contribution is 9.10. The monoisotopic (exact) mass is 414 g/mol. The molecule has 0 unspecified atom stereocenters. The summed E-state index contributed by atoms with van der Waals surface area (Å²) in [6.07, 6.45) is 0. The standard InChI is InChI=1S/C16H19BrN2O4S/c1-9-7-11(5-6-13(9)17)16(3,4)19-15(20)12-8-14(23-10(12)2)24(18,21)22/h5-8H,1-4H3,(H,19,20)(H2,18,21,22). The third-order valence-electron chi connectivity index (χ3n) is 3.73. The number of primary sulfonamides is 1. The highest BCUT2D eigenvalue weighted by atomic mass is 79.9. The molecule has 1 amide bonds. The number of halogens is 1. The molecule has 3 N–H and O–H groups in total. The zero-order chi connectivity index (χ0) is 18.3. The summed E-state index contributed by atoms with van der Waals surface area (Å²) >= 11 is 3.45. The topological polar surface area (TPSA) is 102 Å². The van der Waals surface area contributed by atoms with E-state index < -0.39 is 26.6 Å². The van der Waals surface area contributed by atoms with E-state index in [2.05, 4.69) is 21.2 Å². The molecule has 0 fully saturated rings. The number of furan rings is 1. The van der Waals surface area contributed by atoms with Crippen LogP contribution in [0.3, 0.4) is 0 Å². The molecule has 8 heteroatoms. The van der Waals surface area contributed by atoms with Crippen LogP contribution in [0.5, 0.6) is 0 Å². The van der Waals surface area contributed by atoms with Gasteiger partial charge in [0.1, 0.15) is 5.76 Å². The quantitative estimate of drug-likeness (QED) is 0.802. The Bertz CT molecular complexity index is 901. The van der Waals surface area contributed by atoms with Crippen LogP contribution in [-0.4, -0.2) is 14.3 Å². The number of hydrogen-bond acceptors (Lipinski definition) is 4. The normalized spacial score (nSPS) is 12.2. The van der Waals surface area contributed by atoms with Crippen molar-refractivity contribution in [2.75, 3.05) is 0 Å². The second kappa shape index (κ2) is 6.34.